The van der Waals surface area contributed by atoms with Crippen molar-refractivity contribution in [3.63, 3.8) is 0 Å². The number of rotatable bonds is 6. The Morgan fingerprint density at radius 3 is 2.50 bits per heavy atom. The maximum Gasteiger partial charge on any atom is 0.309 e. The number of benzene rings is 2. The van der Waals surface area contributed by atoms with Crippen LogP contribution in [0.3, 0.4) is 0 Å². The van der Waals surface area contributed by atoms with Gasteiger partial charge in [-0.15, -0.1) is 0 Å². The molecule has 0 aliphatic carbocycles. The van der Waals surface area contributed by atoms with E-state index >= 15 is 0 Å². The predicted molar refractivity (Wildman–Crippen MR) is 106 cm³/mol. The van der Waals surface area contributed by atoms with Crippen molar-refractivity contribution in [2.45, 2.75) is 19.4 Å². The third kappa shape index (κ3) is 4.51. The summed E-state index contributed by atoms with van der Waals surface area (Å²) in [7, 11) is 1.34. The van der Waals surface area contributed by atoms with Gasteiger partial charge in [0.15, 0.2) is 0 Å². The maximum atomic E-state index is 12.7. The zero-order chi connectivity index (χ0) is 20.1. The summed E-state index contributed by atoms with van der Waals surface area (Å²) < 4.78 is 4.71. The zero-order valence-corrected chi connectivity index (χ0v) is 16.2. The molecule has 7 heteroatoms. The van der Waals surface area contributed by atoms with E-state index in [4.69, 9.17) is 16.3 Å². The topological polar surface area (TPSA) is 75.7 Å². The molecule has 2 amide bonds. The van der Waals surface area contributed by atoms with E-state index in [1.807, 2.05) is 24.3 Å². The monoisotopic (exact) mass is 400 g/mol. The van der Waals surface area contributed by atoms with Gasteiger partial charge in [0, 0.05) is 23.8 Å². The van der Waals surface area contributed by atoms with Crippen LogP contribution in [-0.4, -0.2) is 31.4 Å². The van der Waals surface area contributed by atoms with E-state index in [0.717, 1.165) is 16.8 Å². The van der Waals surface area contributed by atoms with Crippen LogP contribution in [0.15, 0.2) is 48.5 Å². The van der Waals surface area contributed by atoms with Crippen LogP contribution in [-0.2, 0) is 32.1 Å². The molecule has 1 fully saturated rings. The molecule has 1 N–H and O–H groups in total. The summed E-state index contributed by atoms with van der Waals surface area (Å²) >= 11 is 5.89. The molecule has 3 rings (SSSR count). The quantitative estimate of drug-likeness (QED) is 0.597. The Bertz CT molecular complexity index is 882. The highest BCUT2D eigenvalue weighted by Crippen LogP contribution is 2.26. The molecule has 1 aliphatic rings. The third-order valence-electron chi connectivity index (χ3n) is 4.79. The minimum Gasteiger partial charge on any atom is -0.469 e. The van der Waals surface area contributed by atoms with Crippen LogP contribution in [0.25, 0.3) is 0 Å². The highest BCUT2D eigenvalue weighted by atomic mass is 35.5. The third-order valence-corrected chi connectivity index (χ3v) is 5.05. The van der Waals surface area contributed by atoms with Crippen molar-refractivity contribution < 1.29 is 19.1 Å². The largest absolute Gasteiger partial charge is 0.469 e. The highest BCUT2D eigenvalue weighted by Gasteiger charge is 2.37. The molecule has 0 radical (unpaired) electrons. The lowest BCUT2D eigenvalue weighted by molar-refractivity contribution is -0.139. The molecule has 0 spiro atoms. The Morgan fingerprint density at radius 1 is 1.14 bits per heavy atom. The second kappa shape index (κ2) is 8.89. The van der Waals surface area contributed by atoms with Crippen molar-refractivity contribution in [3.8, 4) is 0 Å². The Kier molecular flexibility index (Phi) is 6.31. The van der Waals surface area contributed by atoms with Crippen LogP contribution in [0.5, 0.6) is 0 Å². The van der Waals surface area contributed by atoms with Crippen molar-refractivity contribution in [1.82, 2.24) is 5.32 Å². The fourth-order valence-electron chi connectivity index (χ4n) is 3.24. The van der Waals surface area contributed by atoms with Crippen molar-refractivity contribution in [2.75, 3.05) is 18.6 Å². The van der Waals surface area contributed by atoms with E-state index in [2.05, 4.69) is 5.32 Å². The van der Waals surface area contributed by atoms with E-state index in [-0.39, 0.29) is 30.7 Å². The summed E-state index contributed by atoms with van der Waals surface area (Å²) in [6, 6.07) is 14.3. The predicted octanol–water partition coefficient (Wildman–Crippen LogP) is 2.72. The van der Waals surface area contributed by atoms with E-state index in [9.17, 15) is 14.4 Å². The molecular weight excluding hydrogens is 380 g/mol. The first-order valence-corrected chi connectivity index (χ1v) is 9.35. The Morgan fingerprint density at radius 2 is 1.82 bits per heavy atom. The first-order chi connectivity index (χ1) is 13.5. The van der Waals surface area contributed by atoms with E-state index in [1.165, 1.54) is 7.11 Å². The summed E-state index contributed by atoms with van der Waals surface area (Å²) in [5, 5.41) is 3.42. The van der Waals surface area contributed by atoms with Gasteiger partial charge in [-0.25, -0.2) is 0 Å². The molecule has 0 saturated carbocycles. The fraction of sp³-hybridized carbons (Fsp3) is 0.286. The molecule has 0 unspecified atom stereocenters. The van der Waals surface area contributed by atoms with E-state index < -0.39 is 5.92 Å². The average Bonchev–Trinajstić information content (AvgIpc) is 3.09. The van der Waals surface area contributed by atoms with Gasteiger partial charge in [0.1, 0.15) is 5.92 Å². The minimum absolute atomic E-state index is 0.134. The number of carbonyl (C=O) groups excluding carboxylic acids is 3. The number of methoxy groups -OCH3 is 1. The number of hydrogen-bond donors (Lipinski definition) is 1. The molecule has 1 aliphatic heterocycles. The van der Waals surface area contributed by atoms with Gasteiger partial charge in [0.2, 0.25) is 11.8 Å². The molecule has 2 aromatic rings. The molecule has 0 bridgehead atoms. The summed E-state index contributed by atoms with van der Waals surface area (Å²) in [6.45, 7) is 0.730. The number of ether oxygens (including phenoxy) is 1. The van der Waals surface area contributed by atoms with Gasteiger partial charge in [0.05, 0.1) is 13.5 Å². The summed E-state index contributed by atoms with van der Waals surface area (Å²) in [4.78, 5) is 38.4. The average molecular weight is 401 g/mol. The van der Waals surface area contributed by atoms with Gasteiger partial charge >= 0.3 is 5.97 Å². The van der Waals surface area contributed by atoms with Gasteiger partial charge < -0.3 is 15.0 Å². The lowest BCUT2D eigenvalue weighted by Crippen LogP contribution is -2.36. The molecule has 2 aromatic carbocycles. The Hall–Kier alpha value is -2.86. The number of esters is 1. The summed E-state index contributed by atoms with van der Waals surface area (Å²) in [5.74, 6) is -1.59. The van der Waals surface area contributed by atoms with Gasteiger partial charge in [-0.05, 0) is 41.8 Å². The first-order valence-electron chi connectivity index (χ1n) is 8.98. The Balaban J connectivity index is 1.62. The zero-order valence-electron chi connectivity index (χ0n) is 15.5. The number of halogens is 1. The Labute approximate surface area is 168 Å². The van der Waals surface area contributed by atoms with E-state index in [0.29, 0.717) is 18.0 Å². The molecule has 1 saturated heterocycles. The molecule has 146 valence electrons. The second-order valence-corrected chi connectivity index (χ2v) is 6.98. The number of nitrogens with zero attached hydrogens (tertiary/aromatic N) is 1. The number of amides is 2. The molecular formula is C21H21ClN2O4. The number of anilines is 1. The standard InChI is InChI=1S/C21H21ClN2O4/c1-28-19(25)12-14-4-2-3-5-15(14)13-23-20(26)18-10-11-24(21(18)27)17-8-6-16(22)7-9-17/h2-9,18H,10-13H2,1H3,(H,23,26)/t18-/m0/s1. The van der Waals surface area contributed by atoms with Crippen LogP contribution in [0.4, 0.5) is 5.69 Å². The van der Waals surface area contributed by atoms with Crippen molar-refractivity contribution in [2.24, 2.45) is 5.92 Å². The molecule has 0 aromatic heterocycles. The van der Waals surface area contributed by atoms with Gasteiger partial charge in [0.25, 0.3) is 0 Å². The SMILES string of the molecule is COC(=O)Cc1ccccc1CNC(=O)[C@@H]1CCN(c2ccc(Cl)cc2)C1=O. The van der Waals surface area contributed by atoms with Crippen molar-refractivity contribution in [1.29, 1.82) is 0 Å². The normalized spacial score (nSPS) is 16.1. The van der Waals surface area contributed by atoms with Gasteiger partial charge in [-0.1, -0.05) is 35.9 Å². The van der Waals surface area contributed by atoms with Gasteiger partial charge in [-0.3, -0.25) is 14.4 Å². The second-order valence-electron chi connectivity index (χ2n) is 6.55. The van der Waals surface area contributed by atoms with Crippen LogP contribution in [0.2, 0.25) is 5.02 Å². The first kappa shape index (κ1) is 19.9. The highest BCUT2D eigenvalue weighted by molar-refractivity contribution is 6.30. The molecule has 1 atom stereocenters. The van der Waals surface area contributed by atoms with Crippen molar-refractivity contribution >= 4 is 35.1 Å². The molecule has 6 nitrogen and oxygen atoms in total. The van der Waals surface area contributed by atoms with Gasteiger partial charge in [-0.2, -0.15) is 0 Å². The lowest BCUT2D eigenvalue weighted by Gasteiger charge is -2.17. The smallest absolute Gasteiger partial charge is 0.309 e. The number of carbonyl (C=O) groups is 3. The summed E-state index contributed by atoms with van der Waals surface area (Å²) in [6.07, 6.45) is 0.590. The molecule has 28 heavy (non-hydrogen) atoms. The van der Waals surface area contributed by atoms with Crippen LogP contribution in [0, 0.1) is 5.92 Å². The van der Waals surface area contributed by atoms with Crippen LogP contribution < -0.4 is 10.2 Å². The number of hydrogen-bond acceptors (Lipinski definition) is 4. The maximum absolute atomic E-state index is 12.7. The summed E-state index contributed by atoms with van der Waals surface area (Å²) in [5.41, 5.74) is 2.34. The van der Waals surface area contributed by atoms with E-state index in [1.54, 1.807) is 29.2 Å². The fourth-order valence-corrected chi connectivity index (χ4v) is 3.36. The van der Waals surface area contributed by atoms with Crippen LogP contribution >= 0.6 is 11.6 Å². The number of nitrogens with one attached hydrogen (secondary N) is 1. The van der Waals surface area contributed by atoms with Crippen LogP contribution in [0.1, 0.15) is 17.5 Å². The van der Waals surface area contributed by atoms with Crippen molar-refractivity contribution in [3.05, 3.63) is 64.7 Å². The molecule has 1 heterocycles. The lowest BCUT2D eigenvalue weighted by atomic mass is 10.0. The minimum atomic E-state index is -0.719.